The smallest absolute Gasteiger partial charge is 0.251 e. The lowest BCUT2D eigenvalue weighted by atomic mass is 9.99. The fraction of sp³-hybridized carbons (Fsp3) is 0.310. The SMILES string of the molecule is CCC(C)NC(=O)c1ccc(C(=O)C(CS(=O)(=O)c2ccc(C)cc2)CS(=O)(=O)c2ccc(C)cc2)cc1. The van der Waals surface area contributed by atoms with Gasteiger partial charge in [0, 0.05) is 17.2 Å². The Morgan fingerprint density at radius 2 is 1.08 bits per heavy atom. The van der Waals surface area contributed by atoms with E-state index in [0.717, 1.165) is 17.5 Å². The topological polar surface area (TPSA) is 114 Å². The lowest BCUT2D eigenvalue weighted by Crippen LogP contribution is -2.32. The summed E-state index contributed by atoms with van der Waals surface area (Å²) in [5.41, 5.74) is 2.22. The third kappa shape index (κ3) is 7.39. The Bertz CT molecular complexity index is 1420. The number of sulfone groups is 2. The molecule has 0 saturated heterocycles. The molecule has 0 spiro atoms. The summed E-state index contributed by atoms with van der Waals surface area (Å²) < 4.78 is 52.9. The predicted octanol–water partition coefficient (Wildman–Crippen LogP) is 4.58. The Kier molecular flexibility index (Phi) is 9.27. The Balaban J connectivity index is 1.94. The molecule has 0 aliphatic rings. The van der Waals surface area contributed by atoms with Crippen LogP contribution in [-0.2, 0) is 19.7 Å². The zero-order valence-corrected chi connectivity index (χ0v) is 23.6. The van der Waals surface area contributed by atoms with E-state index in [9.17, 15) is 26.4 Å². The van der Waals surface area contributed by atoms with Gasteiger partial charge in [-0.1, -0.05) is 54.4 Å². The highest BCUT2D eigenvalue weighted by atomic mass is 32.2. The number of carbonyl (C=O) groups excluding carboxylic acids is 2. The Morgan fingerprint density at radius 3 is 1.47 bits per heavy atom. The minimum Gasteiger partial charge on any atom is -0.350 e. The minimum absolute atomic E-state index is 0.0192. The van der Waals surface area contributed by atoms with Gasteiger partial charge in [-0.05, 0) is 63.6 Å². The molecule has 1 atom stereocenters. The zero-order chi connectivity index (χ0) is 28.1. The van der Waals surface area contributed by atoms with E-state index in [4.69, 9.17) is 0 Å². The number of hydrogen-bond donors (Lipinski definition) is 1. The zero-order valence-electron chi connectivity index (χ0n) is 22.0. The highest BCUT2D eigenvalue weighted by Crippen LogP contribution is 2.23. The highest BCUT2D eigenvalue weighted by molar-refractivity contribution is 7.92. The summed E-state index contributed by atoms with van der Waals surface area (Å²) >= 11 is 0. The molecule has 7 nitrogen and oxygen atoms in total. The maximum Gasteiger partial charge on any atom is 0.251 e. The molecule has 0 aromatic heterocycles. The van der Waals surface area contributed by atoms with Crippen LogP contribution in [0.1, 0.15) is 52.1 Å². The Hall–Kier alpha value is -3.30. The number of rotatable bonds is 11. The molecule has 1 amide bonds. The van der Waals surface area contributed by atoms with Crippen molar-refractivity contribution < 1.29 is 26.4 Å². The van der Waals surface area contributed by atoms with Gasteiger partial charge in [-0.2, -0.15) is 0 Å². The van der Waals surface area contributed by atoms with Gasteiger partial charge in [0.2, 0.25) is 0 Å². The van der Waals surface area contributed by atoms with Gasteiger partial charge < -0.3 is 5.32 Å². The molecular weight excluding hydrogens is 522 g/mol. The van der Waals surface area contributed by atoms with Crippen molar-refractivity contribution in [2.45, 2.75) is 49.9 Å². The molecule has 0 heterocycles. The summed E-state index contributed by atoms with van der Waals surface area (Å²) in [5.74, 6) is -3.61. The van der Waals surface area contributed by atoms with E-state index in [1.54, 1.807) is 24.3 Å². The molecule has 202 valence electrons. The van der Waals surface area contributed by atoms with Gasteiger partial charge in [-0.25, -0.2) is 16.8 Å². The van der Waals surface area contributed by atoms with Crippen molar-refractivity contribution in [2.75, 3.05) is 11.5 Å². The fourth-order valence-corrected chi connectivity index (χ4v) is 7.08. The third-order valence-corrected chi connectivity index (χ3v) is 10.1. The molecule has 0 radical (unpaired) electrons. The average Bonchev–Trinajstić information content (AvgIpc) is 2.88. The summed E-state index contributed by atoms with van der Waals surface area (Å²) in [6.07, 6.45) is 0.759. The second-order valence-corrected chi connectivity index (χ2v) is 13.7. The van der Waals surface area contributed by atoms with Crippen molar-refractivity contribution in [3.8, 4) is 0 Å². The lowest BCUT2D eigenvalue weighted by Gasteiger charge is -2.17. The van der Waals surface area contributed by atoms with Crippen molar-refractivity contribution in [1.82, 2.24) is 5.32 Å². The number of nitrogens with one attached hydrogen (secondary N) is 1. The van der Waals surface area contributed by atoms with Crippen molar-refractivity contribution in [1.29, 1.82) is 0 Å². The fourth-order valence-electron chi connectivity index (χ4n) is 3.84. The number of Topliss-reactive ketones (excluding diaryl/α,β-unsaturated/α-hetero) is 1. The van der Waals surface area contributed by atoms with Gasteiger partial charge in [0.25, 0.3) is 5.91 Å². The van der Waals surface area contributed by atoms with Crippen LogP contribution in [0.25, 0.3) is 0 Å². The molecule has 1 N–H and O–H groups in total. The summed E-state index contributed by atoms with van der Waals surface area (Å²) in [6, 6.07) is 18.2. The van der Waals surface area contributed by atoms with Crippen LogP contribution in [-0.4, -0.2) is 46.1 Å². The number of carbonyl (C=O) groups is 2. The van der Waals surface area contributed by atoms with E-state index in [1.807, 2.05) is 27.7 Å². The molecule has 3 aromatic carbocycles. The molecule has 0 fully saturated rings. The largest absolute Gasteiger partial charge is 0.350 e. The van der Waals surface area contributed by atoms with Gasteiger partial charge >= 0.3 is 0 Å². The maximum absolute atomic E-state index is 13.5. The van der Waals surface area contributed by atoms with Gasteiger partial charge in [-0.3, -0.25) is 9.59 Å². The van der Waals surface area contributed by atoms with Crippen LogP contribution in [0, 0.1) is 19.8 Å². The van der Waals surface area contributed by atoms with Crippen LogP contribution in [0.2, 0.25) is 0 Å². The first-order chi connectivity index (χ1) is 17.8. The monoisotopic (exact) mass is 555 g/mol. The van der Waals surface area contributed by atoms with Crippen LogP contribution in [0.3, 0.4) is 0 Å². The molecule has 38 heavy (non-hydrogen) atoms. The van der Waals surface area contributed by atoms with E-state index in [1.165, 1.54) is 48.5 Å². The molecule has 9 heteroatoms. The maximum atomic E-state index is 13.5. The van der Waals surface area contributed by atoms with Crippen LogP contribution in [0.15, 0.2) is 82.6 Å². The van der Waals surface area contributed by atoms with E-state index < -0.39 is 42.9 Å². The number of aryl methyl sites for hydroxylation is 2. The van der Waals surface area contributed by atoms with Crippen molar-refractivity contribution in [3.05, 3.63) is 95.1 Å². The molecule has 0 bridgehead atoms. The van der Waals surface area contributed by atoms with Crippen LogP contribution in [0.5, 0.6) is 0 Å². The molecule has 3 rings (SSSR count). The number of ketones is 1. The first-order valence-corrected chi connectivity index (χ1v) is 15.7. The normalized spacial score (nSPS) is 12.8. The third-order valence-electron chi connectivity index (χ3n) is 6.39. The summed E-state index contributed by atoms with van der Waals surface area (Å²) in [4.78, 5) is 26.0. The summed E-state index contributed by atoms with van der Waals surface area (Å²) in [7, 11) is -7.96. The molecule has 1 unspecified atom stereocenters. The van der Waals surface area contributed by atoms with Crippen LogP contribution >= 0.6 is 0 Å². The van der Waals surface area contributed by atoms with Crippen molar-refractivity contribution >= 4 is 31.4 Å². The minimum atomic E-state index is -3.98. The Labute approximate surface area is 225 Å². The molecule has 3 aromatic rings. The van der Waals surface area contributed by atoms with Crippen LogP contribution < -0.4 is 5.32 Å². The first-order valence-electron chi connectivity index (χ1n) is 12.4. The average molecular weight is 556 g/mol. The van der Waals surface area contributed by atoms with E-state index in [2.05, 4.69) is 5.32 Å². The number of amides is 1. The van der Waals surface area contributed by atoms with Crippen LogP contribution in [0.4, 0.5) is 0 Å². The van der Waals surface area contributed by atoms with Crippen molar-refractivity contribution in [2.24, 2.45) is 5.92 Å². The van der Waals surface area contributed by atoms with Gasteiger partial charge in [-0.15, -0.1) is 0 Å². The van der Waals surface area contributed by atoms with Gasteiger partial charge in [0.15, 0.2) is 25.5 Å². The molecule has 0 saturated carbocycles. The first kappa shape index (κ1) is 29.3. The second kappa shape index (κ2) is 12.0. The van der Waals surface area contributed by atoms with Gasteiger partial charge in [0.1, 0.15) is 0 Å². The van der Waals surface area contributed by atoms with E-state index >= 15 is 0 Å². The molecule has 0 aliphatic carbocycles. The summed E-state index contributed by atoms with van der Waals surface area (Å²) in [6.45, 7) is 7.47. The number of hydrogen-bond acceptors (Lipinski definition) is 6. The second-order valence-electron chi connectivity index (χ2n) is 9.61. The molecular formula is C29H33NO6S2. The Morgan fingerprint density at radius 1 is 0.684 bits per heavy atom. The predicted molar refractivity (Wildman–Crippen MR) is 148 cm³/mol. The molecule has 0 aliphatic heterocycles. The standard InChI is InChI=1S/C29H33NO6S2/c1-5-22(4)30-29(32)24-12-10-23(11-13-24)28(31)25(18-37(33,34)26-14-6-20(2)7-15-26)19-38(35,36)27-16-8-21(3)9-17-27/h6-17,22,25H,5,18-19H2,1-4H3,(H,30,32). The van der Waals surface area contributed by atoms with Gasteiger partial charge in [0.05, 0.1) is 27.2 Å². The lowest BCUT2D eigenvalue weighted by molar-refractivity contribution is 0.0929. The quantitative estimate of drug-likeness (QED) is 0.347. The van der Waals surface area contributed by atoms with Crippen molar-refractivity contribution in [3.63, 3.8) is 0 Å². The summed E-state index contributed by atoms with van der Waals surface area (Å²) in [5, 5.41) is 2.84. The van der Waals surface area contributed by atoms with E-state index in [-0.39, 0.29) is 27.3 Å². The van der Waals surface area contributed by atoms with E-state index in [0.29, 0.717) is 5.56 Å². The highest BCUT2D eigenvalue weighted by Gasteiger charge is 2.32. The number of benzene rings is 3.